The minimum absolute atomic E-state index is 0.266. The van der Waals surface area contributed by atoms with Crippen molar-refractivity contribution in [2.75, 3.05) is 14.2 Å². The largest absolute Gasteiger partial charge is 0.497 e. The first-order chi connectivity index (χ1) is 11.6. The molecule has 0 bridgehead atoms. The van der Waals surface area contributed by atoms with Gasteiger partial charge in [0, 0.05) is 22.2 Å². The quantitative estimate of drug-likeness (QED) is 0.867. The summed E-state index contributed by atoms with van der Waals surface area (Å²) in [5.41, 5.74) is 1.84. The molecule has 0 aliphatic carbocycles. The second-order valence-electron chi connectivity index (χ2n) is 5.06. The lowest BCUT2D eigenvalue weighted by Crippen LogP contribution is -2.24. The number of ether oxygens (including phenoxy) is 2. The predicted molar refractivity (Wildman–Crippen MR) is 93.7 cm³/mol. The summed E-state index contributed by atoms with van der Waals surface area (Å²) in [6, 6.07) is 12.5. The average Bonchev–Trinajstić information content (AvgIpc) is 2.96. The van der Waals surface area contributed by atoms with E-state index in [-0.39, 0.29) is 5.91 Å². The number of carbonyl (C=O) groups is 1. The van der Waals surface area contributed by atoms with Gasteiger partial charge in [-0.1, -0.05) is 11.6 Å². The third-order valence-electron chi connectivity index (χ3n) is 3.55. The van der Waals surface area contributed by atoms with E-state index in [2.05, 4.69) is 10.3 Å². The van der Waals surface area contributed by atoms with Crippen molar-refractivity contribution in [3.05, 3.63) is 64.3 Å². The normalized spacial score (nSPS) is 15.2. The van der Waals surface area contributed by atoms with E-state index in [1.807, 2.05) is 6.07 Å². The van der Waals surface area contributed by atoms with Crippen molar-refractivity contribution in [3.63, 3.8) is 0 Å². The van der Waals surface area contributed by atoms with Crippen molar-refractivity contribution in [1.29, 1.82) is 0 Å². The summed E-state index contributed by atoms with van der Waals surface area (Å²) in [5.74, 6) is 1.51. The summed E-state index contributed by atoms with van der Waals surface area (Å²) in [7, 11) is 3.15. The number of methoxy groups -OCH3 is 2. The summed E-state index contributed by atoms with van der Waals surface area (Å²) >= 11 is 5.88. The van der Waals surface area contributed by atoms with E-state index in [1.165, 1.54) is 0 Å². The van der Waals surface area contributed by atoms with E-state index in [9.17, 15) is 4.79 Å². The second kappa shape index (κ2) is 6.76. The van der Waals surface area contributed by atoms with E-state index in [4.69, 9.17) is 21.1 Å². The highest BCUT2D eigenvalue weighted by Crippen LogP contribution is 2.27. The van der Waals surface area contributed by atoms with Gasteiger partial charge in [0.05, 0.1) is 14.2 Å². The van der Waals surface area contributed by atoms with Gasteiger partial charge >= 0.3 is 0 Å². The highest BCUT2D eigenvalue weighted by molar-refractivity contribution is 6.30. The molecule has 0 fully saturated rings. The molecule has 2 aromatic rings. The van der Waals surface area contributed by atoms with E-state index in [1.54, 1.807) is 56.7 Å². The molecule has 0 saturated heterocycles. The van der Waals surface area contributed by atoms with Crippen LogP contribution in [0.4, 0.5) is 0 Å². The molecule has 6 heteroatoms. The molecule has 24 heavy (non-hydrogen) atoms. The van der Waals surface area contributed by atoms with Crippen molar-refractivity contribution in [2.45, 2.75) is 0 Å². The standard InChI is InChI=1S/C18H15ClN2O3/c1-23-14-8-5-12(16(10-14)24-2)9-15-18(22)21-17(20-15)11-3-6-13(19)7-4-11/h3-10H,1-2H3,(H,20,21,22)/b15-9+. The molecule has 2 aromatic carbocycles. The number of aliphatic imine (C=N–C) groups is 1. The molecule has 0 spiro atoms. The van der Waals surface area contributed by atoms with Crippen LogP contribution in [0.2, 0.25) is 5.02 Å². The zero-order valence-electron chi connectivity index (χ0n) is 13.2. The molecule has 3 rings (SSSR count). The van der Waals surface area contributed by atoms with Crippen LogP contribution in [0.5, 0.6) is 11.5 Å². The minimum atomic E-state index is -0.266. The third-order valence-corrected chi connectivity index (χ3v) is 3.80. The summed E-state index contributed by atoms with van der Waals surface area (Å²) < 4.78 is 10.5. The second-order valence-corrected chi connectivity index (χ2v) is 5.50. The predicted octanol–water partition coefficient (Wildman–Crippen LogP) is 3.27. The van der Waals surface area contributed by atoms with Gasteiger partial charge in [-0.2, -0.15) is 0 Å². The number of hydrogen-bond donors (Lipinski definition) is 1. The zero-order valence-corrected chi connectivity index (χ0v) is 13.9. The fourth-order valence-electron chi connectivity index (χ4n) is 2.30. The molecular formula is C18H15ClN2O3. The van der Waals surface area contributed by atoms with Gasteiger partial charge in [-0.3, -0.25) is 4.79 Å². The molecule has 0 atom stereocenters. The van der Waals surface area contributed by atoms with Crippen LogP contribution >= 0.6 is 11.6 Å². The lowest BCUT2D eigenvalue weighted by atomic mass is 10.1. The van der Waals surface area contributed by atoms with Crippen LogP contribution in [0.15, 0.2) is 53.2 Å². The number of carbonyl (C=O) groups excluding carboxylic acids is 1. The van der Waals surface area contributed by atoms with E-state index in [0.717, 1.165) is 11.1 Å². The van der Waals surface area contributed by atoms with Gasteiger partial charge in [0.1, 0.15) is 23.0 Å². The van der Waals surface area contributed by atoms with E-state index < -0.39 is 0 Å². The summed E-state index contributed by atoms with van der Waals surface area (Å²) in [4.78, 5) is 16.5. The Kier molecular flexibility index (Phi) is 4.53. The van der Waals surface area contributed by atoms with Crippen molar-refractivity contribution < 1.29 is 14.3 Å². The minimum Gasteiger partial charge on any atom is -0.497 e. The maximum absolute atomic E-state index is 12.2. The first kappa shape index (κ1) is 16.1. The van der Waals surface area contributed by atoms with Crippen molar-refractivity contribution >= 4 is 29.4 Å². The van der Waals surface area contributed by atoms with Gasteiger partial charge in [-0.05, 0) is 42.5 Å². The Labute approximate surface area is 144 Å². The van der Waals surface area contributed by atoms with Crippen LogP contribution < -0.4 is 14.8 Å². The van der Waals surface area contributed by atoms with Crippen LogP contribution in [0, 0.1) is 0 Å². The fraction of sp³-hybridized carbons (Fsp3) is 0.111. The Hall–Kier alpha value is -2.79. The Bertz CT molecular complexity index is 842. The zero-order chi connectivity index (χ0) is 17.1. The Morgan fingerprint density at radius 3 is 2.50 bits per heavy atom. The molecule has 1 aliphatic heterocycles. The van der Waals surface area contributed by atoms with Gasteiger partial charge in [0.15, 0.2) is 0 Å². The Balaban J connectivity index is 1.95. The maximum atomic E-state index is 12.2. The number of hydrogen-bond acceptors (Lipinski definition) is 4. The van der Waals surface area contributed by atoms with Crippen LogP contribution in [0.1, 0.15) is 11.1 Å². The van der Waals surface area contributed by atoms with Crippen molar-refractivity contribution in [2.24, 2.45) is 4.99 Å². The van der Waals surface area contributed by atoms with Gasteiger partial charge in [-0.15, -0.1) is 0 Å². The summed E-state index contributed by atoms with van der Waals surface area (Å²) in [6.45, 7) is 0. The SMILES string of the molecule is COc1ccc(/C=C2/N=C(c3ccc(Cl)cc3)NC2=O)c(OC)c1. The number of amidine groups is 1. The smallest absolute Gasteiger partial charge is 0.275 e. The van der Waals surface area contributed by atoms with Crippen LogP contribution in [0.3, 0.4) is 0 Å². The van der Waals surface area contributed by atoms with Crippen molar-refractivity contribution in [3.8, 4) is 11.5 Å². The molecule has 1 heterocycles. The number of nitrogens with one attached hydrogen (secondary N) is 1. The van der Waals surface area contributed by atoms with Crippen molar-refractivity contribution in [1.82, 2.24) is 5.32 Å². The van der Waals surface area contributed by atoms with Crippen LogP contribution in [-0.4, -0.2) is 26.0 Å². The average molecular weight is 343 g/mol. The summed E-state index contributed by atoms with van der Waals surface area (Å²) in [6.07, 6.45) is 1.68. The molecule has 1 N–H and O–H groups in total. The number of halogens is 1. The highest BCUT2D eigenvalue weighted by atomic mass is 35.5. The molecule has 0 unspecified atom stereocenters. The molecule has 0 radical (unpaired) electrons. The van der Waals surface area contributed by atoms with Gasteiger partial charge in [0.2, 0.25) is 0 Å². The van der Waals surface area contributed by atoms with E-state index in [0.29, 0.717) is 28.1 Å². The van der Waals surface area contributed by atoms with Gasteiger partial charge < -0.3 is 14.8 Å². The topological polar surface area (TPSA) is 59.9 Å². The summed E-state index contributed by atoms with van der Waals surface area (Å²) in [5, 5.41) is 3.38. The molecule has 1 amide bonds. The number of nitrogens with zero attached hydrogens (tertiary/aromatic N) is 1. The molecule has 1 aliphatic rings. The first-order valence-electron chi connectivity index (χ1n) is 7.20. The maximum Gasteiger partial charge on any atom is 0.275 e. The number of rotatable bonds is 4. The lowest BCUT2D eigenvalue weighted by molar-refractivity contribution is -0.115. The monoisotopic (exact) mass is 342 g/mol. The lowest BCUT2D eigenvalue weighted by Gasteiger charge is -2.07. The molecule has 5 nitrogen and oxygen atoms in total. The van der Waals surface area contributed by atoms with Gasteiger partial charge in [-0.25, -0.2) is 4.99 Å². The fourth-order valence-corrected chi connectivity index (χ4v) is 2.42. The molecule has 0 saturated carbocycles. The third kappa shape index (κ3) is 3.26. The molecule has 0 aromatic heterocycles. The first-order valence-corrected chi connectivity index (χ1v) is 7.58. The number of amides is 1. The van der Waals surface area contributed by atoms with Gasteiger partial charge in [0.25, 0.3) is 5.91 Å². The molecular weight excluding hydrogens is 328 g/mol. The Morgan fingerprint density at radius 1 is 1.08 bits per heavy atom. The highest BCUT2D eigenvalue weighted by Gasteiger charge is 2.21. The Morgan fingerprint density at radius 2 is 1.83 bits per heavy atom. The van der Waals surface area contributed by atoms with Crippen LogP contribution in [0.25, 0.3) is 6.08 Å². The molecule has 122 valence electrons. The van der Waals surface area contributed by atoms with Crippen LogP contribution in [-0.2, 0) is 4.79 Å². The van der Waals surface area contributed by atoms with E-state index >= 15 is 0 Å². The number of benzene rings is 2.